The first-order chi connectivity index (χ1) is 25.3. The van der Waals surface area contributed by atoms with Crippen LogP contribution in [0.15, 0.2) is 54.3 Å². The van der Waals surface area contributed by atoms with Crippen molar-refractivity contribution >= 4 is 61.1 Å². The van der Waals surface area contributed by atoms with E-state index in [-0.39, 0.29) is 30.2 Å². The molecule has 0 aromatic heterocycles. The van der Waals surface area contributed by atoms with Gasteiger partial charge in [-0.05, 0) is 80.5 Å². The quantitative estimate of drug-likeness (QED) is 0.214. The van der Waals surface area contributed by atoms with E-state index in [9.17, 15) is 39.6 Å². The third-order valence-electron chi connectivity index (χ3n) is 8.51. The third-order valence-corrected chi connectivity index (χ3v) is 11.3. The van der Waals surface area contributed by atoms with E-state index in [0.29, 0.717) is 19.4 Å². The molecule has 2 aromatic carbocycles. The number of anilines is 1. The Bertz CT molecular complexity index is 1780. The number of amides is 1. The summed E-state index contributed by atoms with van der Waals surface area (Å²) in [6.45, 7) is 12.5. The second-order valence-electron chi connectivity index (χ2n) is 12.3. The van der Waals surface area contributed by atoms with E-state index in [1.165, 1.54) is 22.1 Å². The molecule has 1 amide bonds. The van der Waals surface area contributed by atoms with E-state index in [0.717, 1.165) is 72.3 Å². The smallest absolute Gasteiger partial charge is 0.420 e. The van der Waals surface area contributed by atoms with Crippen molar-refractivity contribution in [1.29, 1.82) is 0 Å². The van der Waals surface area contributed by atoms with Crippen LogP contribution in [0.2, 0.25) is 10.0 Å². The second-order valence-corrected chi connectivity index (χ2v) is 16.5. The van der Waals surface area contributed by atoms with Gasteiger partial charge in [-0.2, -0.15) is 13.2 Å². The van der Waals surface area contributed by atoms with E-state index < -0.39 is 50.0 Å². The SMILES string of the molecule is C=CS(=O)(=O)NC1CCN(C(=O)COc2ccc(Cl)cc2C(F)(F)F)CC1.C=CS(=O)(=O)NC1CCN(CC=O)CC1.CCc1cc(NC)c(C)cc1Cl. The molecule has 0 bridgehead atoms. The summed E-state index contributed by atoms with van der Waals surface area (Å²) in [5.41, 5.74) is 2.50. The summed E-state index contributed by atoms with van der Waals surface area (Å²) in [5, 5.41) is 5.65. The van der Waals surface area contributed by atoms with Gasteiger partial charge in [0.25, 0.3) is 5.91 Å². The number of halogens is 5. The van der Waals surface area contributed by atoms with Gasteiger partial charge in [0, 0.05) is 71.9 Å². The van der Waals surface area contributed by atoms with Crippen LogP contribution < -0.4 is 19.5 Å². The fraction of sp³-hybridized carbons (Fsp3) is 0.486. The predicted octanol–water partition coefficient (Wildman–Crippen LogP) is 5.76. The van der Waals surface area contributed by atoms with Crippen molar-refractivity contribution in [2.45, 2.75) is 64.2 Å². The summed E-state index contributed by atoms with van der Waals surface area (Å²) in [6, 6.07) is 6.80. The van der Waals surface area contributed by atoms with Crippen LogP contribution in [0, 0.1) is 6.92 Å². The number of hydrogen-bond acceptors (Lipinski definition) is 9. The molecule has 54 heavy (non-hydrogen) atoms. The van der Waals surface area contributed by atoms with Crippen molar-refractivity contribution in [3.63, 3.8) is 0 Å². The molecule has 0 saturated carbocycles. The number of piperidine rings is 2. The first-order valence-electron chi connectivity index (χ1n) is 17.0. The van der Waals surface area contributed by atoms with E-state index in [1.54, 1.807) is 0 Å². The standard InChI is InChI=1S/C16H18ClF3N2O4S.C10H14ClN.C9H16N2O3S/c1-2-27(24,25)21-12-5-7-22(8-6-12)15(23)10-26-14-4-3-11(17)9-13(14)16(18,19)20;1-4-8-6-10(12-3)7(2)5-9(8)11;1-2-15(13,14)10-9-3-5-11(6-4-9)7-8-12/h2-4,9,12,21H,1,5-8,10H2;5-6,12H,4H2,1-3H3;2,8-10H,1,3-7H2. The summed E-state index contributed by atoms with van der Waals surface area (Å²) >= 11 is 11.6. The van der Waals surface area contributed by atoms with Crippen LogP contribution in [0.4, 0.5) is 18.9 Å². The number of aryl methyl sites for hydroxylation is 2. The Kier molecular flexibility index (Phi) is 18.9. The number of carbonyl (C=O) groups is 2. The van der Waals surface area contributed by atoms with Gasteiger partial charge in [-0.1, -0.05) is 43.3 Å². The van der Waals surface area contributed by atoms with Crippen LogP contribution in [-0.4, -0.2) is 97.3 Å². The minimum absolute atomic E-state index is 0.0316. The Hall–Kier alpha value is -3.19. The highest BCUT2D eigenvalue weighted by molar-refractivity contribution is 7.92. The van der Waals surface area contributed by atoms with Crippen LogP contribution in [0.1, 0.15) is 49.3 Å². The molecule has 0 radical (unpaired) electrons. The number of nitrogens with one attached hydrogen (secondary N) is 3. The average molecular weight is 843 g/mol. The molecule has 3 N–H and O–H groups in total. The van der Waals surface area contributed by atoms with Crippen molar-refractivity contribution in [3.8, 4) is 5.75 Å². The maximum Gasteiger partial charge on any atom is 0.420 e. The molecule has 2 fully saturated rings. The topological polar surface area (TPSA) is 154 Å². The van der Waals surface area contributed by atoms with Crippen LogP contribution in [-0.2, 0) is 42.2 Å². The van der Waals surface area contributed by atoms with Crippen LogP contribution in [0.25, 0.3) is 0 Å². The number of alkyl halides is 3. The Morgan fingerprint density at radius 2 is 1.48 bits per heavy atom. The highest BCUT2D eigenvalue weighted by atomic mass is 35.5. The van der Waals surface area contributed by atoms with Gasteiger partial charge >= 0.3 is 6.18 Å². The molecule has 0 atom stereocenters. The van der Waals surface area contributed by atoms with Crippen molar-refractivity contribution in [3.05, 3.63) is 81.0 Å². The lowest BCUT2D eigenvalue weighted by Crippen LogP contribution is -2.47. The van der Waals surface area contributed by atoms with Crippen molar-refractivity contribution in [2.24, 2.45) is 0 Å². The van der Waals surface area contributed by atoms with Crippen molar-refractivity contribution < 1.29 is 44.3 Å². The fourth-order valence-corrected chi connectivity index (χ4v) is 7.60. The van der Waals surface area contributed by atoms with E-state index in [4.69, 9.17) is 27.9 Å². The molecular formula is C35H48Cl2F3N5O7S2. The van der Waals surface area contributed by atoms with E-state index in [1.807, 2.05) is 18.0 Å². The maximum atomic E-state index is 13.0. The number of likely N-dealkylation sites (tertiary alicyclic amines) is 2. The zero-order chi connectivity index (χ0) is 40.7. The molecule has 2 aromatic rings. The Morgan fingerprint density at radius 3 is 1.94 bits per heavy atom. The summed E-state index contributed by atoms with van der Waals surface area (Å²) in [5.74, 6) is -0.961. The summed E-state index contributed by atoms with van der Waals surface area (Å²) in [7, 11) is -4.95. The molecule has 0 unspecified atom stereocenters. The summed E-state index contributed by atoms with van der Waals surface area (Å²) < 4.78 is 94.4. The van der Waals surface area contributed by atoms with Crippen LogP contribution in [0.3, 0.4) is 0 Å². The minimum Gasteiger partial charge on any atom is -0.483 e. The van der Waals surface area contributed by atoms with Gasteiger partial charge in [-0.3, -0.25) is 9.69 Å². The largest absolute Gasteiger partial charge is 0.483 e. The lowest BCUT2D eigenvalue weighted by atomic mass is 10.1. The number of nitrogens with zero attached hydrogens (tertiary/aromatic N) is 2. The number of rotatable bonds is 13. The molecule has 2 saturated heterocycles. The molecule has 2 heterocycles. The first kappa shape index (κ1) is 47.0. The van der Waals surface area contributed by atoms with Crippen molar-refractivity contribution in [2.75, 3.05) is 51.7 Å². The molecule has 12 nitrogen and oxygen atoms in total. The van der Waals surface area contributed by atoms with Gasteiger partial charge in [0.15, 0.2) is 6.61 Å². The molecule has 2 aliphatic rings. The first-order valence-corrected chi connectivity index (χ1v) is 20.8. The molecule has 2 aliphatic heterocycles. The normalized spacial score (nSPS) is 15.9. The number of aldehydes is 1. The Morgan fingerprint density at radius 1 is 0.944 bits per heavy atom. The zero-order valence-electron chi connectivity index (χ0n) is 30.4. The van der Waals surface area contributed by atoms with Crippen LogP contribution in [0.5, 0.6) is 5.75 Å². The number of hydrogen-bond donors (Lipinski definition) is 3. The van der Waals surface area contributed by atoms with Gasteiger partial charge in [-0.25, -0.2) is 26.3 Å². The maximum absolute atomic E-state index is 13.0. The van der Waals surface area contributed by atoms with Gasteiger partial charge < -0.3 is 19.7 Å². The predicted molar refractivity (Wildman–Crippen MR) is 207 cm³/mol. The minimum atomic E-state index is -4.66. The number of ether oxygens (including phenoxy) is 1. The number of carbonyl (C=O) groups excluding carboxylic acids is 2. The Balaban J connectivity index is 0.000000313. The number of sulfonamides is 2. The zero-order valence-corrected chi connectivity index (χ0v) is 33.6. The fourth-order valence-electron chi connectivity index (χ4n) is 5.48. The van der Waals surface area contributed by atoms with Crippen LogP contribution >= 0.6 is 23.2 Å². The lowest BCUT2D eigenvalue weighted by molar-refractivity contribution is -0.141. The van der Waals surface area contributed by atoms with Gasteiger partial charge in [0.1, 0.15) is 12.0 Å². The molecule has 19 heteroatoms. The third kappa shape index (κ3) is 15.9. The molecule has 0 aliphatic carbocycles. The van der Waals surface area contributed by atoms with Gasteiger partial charge in [0.05, 0.1) is 12.1 Å². The molecule has 0 spiro atoms. The number of benzene rings is 2. The van der Waals surface area contributed by atoms with E-state index in [2.05, 4.69) is 47.8 Å². The Labute approximate surface area is 326 Å². The summed E-state index contributed by atoms with van der Waals surface area (Å²) in [4.78, 5) is 25.9. The van der Waals surface area contributed by atoms with Crippen molar-refractivity contribution in [1.82, 2.24) is 19.2 Å². The average Bonchev–Trinajstić information content (AvgIpc) is 3.12. The van der Waals surface area contributed by atoms with Gasteiger partial charge in [0.2, 0.25) is 20.0 Å². The molecule has 4 rings (SSSR count). The highest BCUT2D eigenvalue weighted by Gasteiger charge is 2.35. The molecular weight excluding hydrogens is 794 g/mol. The summed E-state index contributed by atoms with van der Waals surface area (Å²) in [6.07, 6.45) is -0.574. The monoisotopic (exact) mass is 841 g/mol. The van der Waals surface area contributed by atoms with E-state index >= 15 is 0 Å². The molecule has 302 valence electrons. The highest BCUT2D eigenvalue weighted by Crippen LogP contribution is 2.37. The van der Waals surface area contributed by atoms with Gasteiger partial charge in [-0.15, -0.1) is 0 Å². The second kappa shape index (κ2) is 21.8. The lowest BCUT2D eigenvalue weighted by Gasteiger charge is -2.32.